The molecule has 4 heteroatoms. The first-order chi connectivity index (χ1) is 7.51. The summed E-state index contributed by atoms with van der Waals surface area (Å²) in [6.07, 6.45) is 1.34. The van der Waals surface area contributed by atoms with Gasteiger partial charge in [0.05, 0.1) is 12.5 Å². The Labute approximate surface area is 99.0 Å². The van der Waals surface area contributed by atoms with E-state index in [0.717, 1.165) is 11.1 Å². The zero-order valence-electron chi connectivity index (χ0n) is 9.21. The lowest BCUT2D eigenvalue weighted by molar-refractivity contribution is -0.140. The average Bonchev–Trinajstić information content (AvgIpc) is 3.02. The Balaban J connectivity index is 2.51. The van der Waals surface area contributed by atoms with E-state index in [-0.39, 0.29) is 0 Å². The maximum Gasteiger partial charge on any atom is 0.314 e. The Morgan fingerprint density at radius 1 is 1.50 bits per heavy atom. The minimum Gasteiger partial charge on any atom is -0.496 e. The van der Waals surface area contributed by atoms with Crippen LogP contribution in [0.1, 0.15) is 24.0 Å². The van der Waals surface area contributed by atoms with Crippen molar-refractivity contribution in [1.82, 2.24) is 0 Å². The summed E-state index contributed by atoms with van der Waals surface area (Å²) in [5.41, 5.74) is 0.853. The molecule has 0 unspecified atom stereocenters. The molecule has 0 saturated heterocycles. The van der Waals surface area contributed by atoms with Crippen LogP contribution in [0, 0.1) is 6.92 Å². The lowest BCUT2D eigenvalue weighted by Crippen LogP contribution is -2.19. The van der Waals surface area contributed by atoms with E-state index in [4.69, 9.17) is 16.3 Å². The highest BCUT2D eigenvalue weighted by Gasteiger charge is 2.52. The second kappa shape index (κ2) is 3.67. The van der Waals surface area contributed by atoms with Gasteiger partial charge in [0.1, 0.15) is 5.75 Å². The van der Waals surface area contributed by atoms with E-state index in [9.17, 15) is 9.90 Å². The molecule has 16 heavy (non-hydrogen) atoms. The number of carbonyl (C=O) groups is 1. The molecule has 3 nitrogen and oxygen atoms in total. The topological polar surface area (TPSA) is 46.5 Å². The van der Waals surface area contributed by atoms with Gasteiger partial charge in [0.2, 0.25) is 0 Å². The fourth-order valence-corrected chi connectivity index (χ4v) is 2.10. The SMILES string of the molecule is COc1cc(C2(C(=O)O)CC2)cc(Cl)c1C. The summed E-state index contributed by atoms with van der Waals surface area (Å²) in [5, 5.41) is 9.75. The number of hydrogen-bond donors (Lipinski definition) is 1. The molecule has 0 aromatic heterocycles. The maximum atomic E-state index is 11.2. The van der Waals surface area contributed by atoms with Crippen LogP contribution in [-0.4, -0.2) is 18.2 Å². The molecule has 0 heterocycles. The van der Waals surface area contributed by atoms with E-state index >= 15 is 0 Å². The van der Waals surface area contributed by atoms with Crippen LogP contribution in [0.25, 0.3) is 0 Å². The second-order valence-corrected chi connectivity index (χ2v) is 4.58. The number of halogens is 1. The van der Waals surface area contributed by atoms with Gasteiger partial charge in [0, 0.05) is 10.6 Å². The Morgan fingerprint density at radius 3 is 2.56 bits per heavy atom. The lowest BCUT2D eigenvalue weighted by Gasteiger charge is -2.14. The van der Waals surface area contributed by atoms with Crippen LogP contribution in [0.2, 0.25) is 5.02 Å². The lowest BCUT2D eigenvalue weighted by atomic mass is 9.95. The van der Waals surface area contributed by atoms with Crippen LogP contribution in [-0.2, 0) is 10.2 Å². The van der Waals surface area contributed by atoms with Crippen LogP contribution >= 0.6 is 11.6 Å². The molecule has 0 amide bonds. The molecular formula is C12H13ClO3. The number of rotatable bonds is 3. The van der Waals surface area contributed by atoms with Gasteiger partial charge in [-0.15, -0.1) is 0 Å². The monoisotopic (exact) mass is 240 g/mol. The van der Waals surface area contributed by atoms with Gasteiger partial charge in [-0.2, -0.15) is 0 Å². The van der Waals surface area contributed by atoms with Crippen molar-refractivity contribution in [3.63, 3.8) is 0 Å². The smallest absolute Gasteiger partial charge is 0.314 e. The molecule has 1 saturated carbocycles. The summed E-state index contributed by atoms with van der Waals surface area (Å²) in [4.78, 5) is 11.2. The molecular weight excluding hydrogens is 228 g/mol. The fourth-order valence-electron chi connectivity index (χ4n) is 1.89. The first-order valence-corrected chi connectivity index (χ1v) is 5.47. The van der Waals surface area contributed by atoms with Gasteiger partial charge in [0.15, 0.2) is 0 Å². The van der Waals surface area contributed by atoms with E-state index in [2.05, 4.69) is 0 Å². The first kappa shape index (κ1) is 11.3. The third-order valence-corrected chi connectivity index (χ3v) is 3.62. The highest BCUT2D eigenvalue weighted by Crippen LogP contribution is 2.50. The van der Waals surface area contributed by atoms with Crippen LogP contribution in [0.3, 0.4) is 0 Å². The predicted molar refractivity (Wildman–Crippen MR) is 61.3 cm³/mol. The van der Waals surface area contributed by atoms with Crippen molar-refractivity contribution in [3.8, 4) is 5.75 Å². The molecule has 0 bridgehead atoms. The van der Waals surface area contributed by atoms with Crippen LogP contribution in [0.4, 0.5) is 0 Å². The highest BCUT2D eigenvalue weighted by molar-refractivity contribution is 6.31. The Bertz CT molecular complexity index is 450. The molecule has 86 valence electrons. The minimum absolute atomic E-state index is 0.557. The van der Waals surface area contributed by atoms with Crippen molar-refractivity contribution in [2.75, 3.05) is 7.11 Å². The van der Waals surface area contributed by atoms with Gasteiger partial charge in [0.25, 0.3) is 0 Å². The average molecular weight is 241 g/mol. The van der Waals surface area contributed by atoms with Gasteiger partial charge in [-0.1, -0.05) is 11.6 Å². The van der Waals surface area contributed by atoms with E-state index in [1.165, 1.54) is 0 Å². The molecule has 1 fully saturated rings. The molecule has 1 aliphatic rings. The molecule has 1 aromatic rings. The van der Waals surface area contributed by atoms with E-state index in [1.807, 2.05) is 6.92 Å². The summed E-state index contributed by atoms with van der Waals surface area (Å²) >= 11 is 6.06. The van der Waals surface area contributed by atoms with Crippen molar-refractivity contribution in [3.05, 3.63) is 28.3 Å². The zero-order valence-corrected chi connectivity index (χ0v) is 9.97. The number of aliphatic carboxylic acids is 1. The van der Waals surface area contributed by atoms with E-state index < -0.39 is 11.4 Å². The van der Waals surface area contributed by atoms with Crippen molar-refractivity contribution in [1.29, 1.82) is 0 Å². The fraction of sp³-hybridized carbons (Fsp3) is 0.417. The van der Waals surface area contributed by atoms with Crippen molar-refractivity contribution in [2.24, 2.45) is 0 Å². The maximum absolute atomic E-state index is 11.2. The number of carboxylic acid groups (broad SMARTS) is 1. The van der Waals surface area contributed by atoms with Gasteiger partial charge in [-0.3, -0.25) is 4.79 Å². The predicted octanol–water partition coefficient (Wildman–Crippen LogP) is 2.77. The summed E-state index contributed by atoms with van der Waals surface area (Å²) in [7, 11) is 1.56. The van der Waals surface area contributed by atoms with Crippen LogP contribution < -0.4 is 4.74 Å². The third kappa shape index (κ3) is 1.55. The number of benzene rings is 1. The van der Waals surface area contributed by atoms with Crippen LogP contribution in [0.5, 0.6) is 5.75 Å². The van der Waals surface area contributed by atoms with Crippen molar-refractivity contribution in [2.45, 2.75) is 25.2 Å². The Hall–Kier alpha value is -1.22. The standard InChI is InChI=1S/C12H13ClO3/c1-7-9(13)5-8(6-10(7)16-2)12(3-4-12)11(14)15/h5-6H,3-4H2,1-2H3,(H,14,15). The van der Waals surface area contributed by atoms with Gasteiger partial charge in [-0.25, -0.2) is 0 Å². The van der Waals surface area contributed by atoms with Crippen molar-refractivity contribution >= 4 is 17.6 Å². The quantitative estimate of drug-likeness (QED) is 0.884. The Morgan fingerprint density at radius 2 is 2.12 bits per heavy atom. The highest BCUT2D eigenvalue weighted by atomic mass is 35.5. The summed E-state index contributed by atoms with van der Waals surface area (Å²) < 4.78 is 5.19. The molecule has 0 radical (unpaired) electrons. The van der Waals surface area contributed by atoms with E-state index in [1.54, 1.807) is 19.2 Å². The summed E-state index contributed by atoms with van der Waals surface area (Å²) in [6.45, 7) is 1.85. The molecule has 1 N–H and O–H groups in total. The molecule has 1 aromatic carbocycles. The van der Waals surface area contributed by atoms with Gasteiger partial charge >= 0.3 is 5.97 Å². The normalized spacial score (nSPS) is 16.9. The molecule has 2 rings (SSSR count). The van der Waals surface area contributed by atoms with Crippen LogP contribution in [0.15, 0.2) is 12.1 Å². The third-order valence-electron chi connectivity index (χ3n) is 3.23. The molecule has 0 aliphatic heterocycles. The largest absolute Gasteiger partial charge is 0.496 e. The number of ether oxygens (including phenoxy) is 1. The number of methoxy groups -OCH3 is 1. The van der Waals surface area contributed by atoms with Gasteiger partial charge < -0.3 is 9.84 Å². The van der Waals surface area contributed by atoms with Crippen molar-refractivity contribution < 1.29 is 14.6 Å². The molecule has 0 spiro atoms. The summed E-state index contributed by atoms with van der Waals surface area (Å²) in [6, 6.07) is 3.52. The summed E-state index contributed by atoms with van der Waals surface area (Å²) in [5.74, 6) is -0.135. The molecule has 0 atom stereocenters. The first-order valence-electron chi connectivity index (χ1n) is 5.09. The minimum atomic E-state index is -0.783. The van der Waals surface area contributed by atoms with E-state index in [0.29, 0.717) is 23.6 Å². The number of hydrogen-bond acceptors (Lipinski definition) is 2. The number of carboxylic acids is 1. The molecule has 1 aliphatic carbocycles. The van der Waals surface area contributed by atoms with Gasteiger partial charge in [-0.05, 0) is 37.5 Å². The zero-order chi connectivity index (χ0) is 11.9. The second-order valence-electron chi connectivity index (χ2n) is 4.17. The Kier molecular flexibility index (Phi) is 2.58.